The number of hydrogen-bond acceptors (Lipinski definition) is 3. The van der Waals surface area contributed by atoms with E-state index in [9.17, 15) is 0 Å². The van der Waals surface area contributed by atoms with E-state index in [1.54, 1.807) is 11.1 Å². The first-order chi connectivity index (χ1) is 10.3. The molecule has 21 heavy (non-hydrogen) atoms. The summed E-state index contributed by atoms with van der Waals surface area (Å²) in [6, 6.07) is 9.37. The van der Waals surface area contributed by atoms with Crippen LogP contribution >= 0.6 is 0 Å². The van der Waals surface area contributed by atoms with Crippen molar-refractivity contribution in [2.24, 2.45) is 0 Å². The van der Waals surface area contributed by atoms with Crippen LogP contribution in [0.4, 0.5) is 0 Å². The van der Waals surface area contributed by atoms with Crippen molar-refractivity contribution >= 4 is 0 Å². The fourth-order valence-corrected chi connectivity index (χ4v) is 3.63. The Morgan fingerprint density at radius 2 is 2.24 bits per heavy atom. The van der Waals surface area contributed by atoms with Gasteiger partial charge in [-0.3, -0.25) is 0 Å². The fourth-order valence-electron chi connectivity index (χ4n) is 3.63. The van der Waals surface area contributed by atoms with Gasteiger partial charge in [0.1, 0.15) is 0 Å². The van der Waals surface area contributed by atoms with Gasteiger partial charge in [0.25, 0.3) is 0 Å². The molecular weight excluding hydrogens is 260 g/mol. The molecule has 1 saturated heterocycles. The molecule has 1 aliphatic carbocycles. The molecule has 1 aromatic carbocycles. The highest BCUT2D eigenvalue weighted by Crippen LogP contribution is 2.38. The van der Waals surface area contributed by atoms with Crippen molar-refractivity contribution in [2.45, 2.75) is 44.2 Å². The van der Waals surface area contributed by atoms with E-state index in [2.05, 4.69) is 48.5 Å². The van der Waals surface area contributed by atoms with E-state index in [0.29, 0.717) is 18.1 Å². The van der Waals surface area contributed by atoms with Crippen LogP contribution in [0.15, 0.2) is 24.3 Å². The standard InChI is InChI=1S/C18H28N2O/c1-3-8-19-17(18-13-20(2)9-10-21-18)12-15-11-14-6-4-5-7-16(14)15/h4-7,15,17-19H,3,8-13H2,1-2H3. The molecule has 1 heterocycles. The molecule has 116 valence electrons. The molecule has 0 amide bonds. The zero-order valence-electron chi connectivity index (χ0n) is 13.3. The topological polar surface area (TPSA) is 24.5 Å². The van der Waals surface area contributed by atoms with Crippen LogP contribution < -0.4 is 5.32 Å². The maximum atomic E-state index is 6.06. The Hall–Kier alpha value is -0.900. The minimum absolute atomic E-state index is 0.336. The average molecular weight is 288 g/mol. The van der Waals surface area contributed by atoms with Gasteiger partial charge in [0.15, 0.2) is 0 Å². The summed E-state index contributed by atoms with van der Waals surface area (Å²) >= 11 is 0. The van der Waals surface area contributed by atoms with Crippen molar-refractivity contribution in [1.82, 2.24) is 10.2 Å². The summed E-state index contributed by atoms with van der Waals surface area (Å²) in [6.45, 7) is 6.30. The van der Waals surface area contributed by atoms with Gasteiger partial charge in [-0.15, -0.1) is 0 Å². The van der Waals surface area contributed by atoms with E-state index in [0.717, 1.165) is 26.2 Å². The predicted molar refractivity (Wildman–Crippen MR) is 86.8 cm³/mol. The molecule has 3 nitrogen and oxygen atoms in total. The second-order valence-electron chi connectivity index (χ2n) is 6.57. The number of nitrogens with one attached hydrogen (secondary N) is 1. The van der Waals surface area contributed by atoms with Crippen LogP contribution in [0.5, 0.6) is 0 Å². The molecule has 1 N–H and O–H groups in total. The second kappa shape index (κ2) is 6.91. The Balaban J connectivity index is 1.63. The molecule has 0 bridgehead atoms. The molecular formula is C18H28N2O. The van der Waals surface area contributed by atoms with Crippen LogP contribution in [0, 0.1) is 0 Å². The number of benzene rings is 1. The first kappa shape index (κ1) is 15.0. The van der Waals surface area contributed by atoms with E-state index in [-0.39, 0.29) is 0 Å². The van der Waals surface area contributed by atoms with E-state index in [4.69, 9.17) is 4.74 Å². The summed E-state index contributed by atoms with van der Waals surface area (Å²) < 4.78 is 6.06. The molecule has 0 aromatic heterocycles. The van der Waals surface area contributed by atoms with Gasteiger partial charge in [-0.2, -0.15) is 0 Å². The number of hydrogen-bond donors (Lipinski definition) is 1. The molecule has 0 radical (unpaired) electrons. The zero-order chi connectivity index (χ0) is 14.7. The Labute approximate surface area is 128 Å². The molecule has 0 spiro atoms. The third-order valence-corrected chi connectivity index (χ3v) is 4.90. The highest BCUT2D eigenvalue weighted by molar-refractivity contribution is 5.40. The van der Waals surface area contributed by atoms with Gasteiger partial charge in [-0.1, -0.05) is 31.2 Å². The molecule has 3 rings (SSSR count). The van der Waals surface area contributed by atoms with Crippen molar-refractivity contribution in [2.75, 3.05) is 33.3 Å². The Morgan fingerprint density at radius 3 is 3.00 bits per heavy atom. The first-order valence-corrected chi connectivity index (χ1v) is 8.39. The summed E-state index contributed by atoms with van der Waals surface area (Å²) in [5, 5.41) is 3.74. The summed E-state index contributed by atoms with van der Waals surface area (Å²) in [5.74, 6) is 0.714. The number of nitrogens with zero attached hydrogens (tertiary/aromatic N) is 1. The van der Waals surface area contributed by atoms with Crippen molar-refractivity contribution in [3.05, 3.63) is 35.4 Å². The molecule has 1 aromatic rings. The zero-order valence-corrected chi connectivity index (χ0v) is 13.3. The van der Waals surface area contributed by atoms with Gasteiger partial charge in [-0.05, 0) is 49.9 Å². The van der Waals surface area contributed by atoms with Gasteiger partial charge in [0, 0.05) is 19.1 Å². The molecule has 1 fully saturated rings. The van der Waals surface area contributed by atoms with E-state index in [1.165, 1.54) is 19.3 Å². The van der Waals surface area contributed by atoms with Crippen LogP contribution in [-0.4, -0.2) is 50.3 Å². The highest BCUT2D eigenvalue weighted by Gasteiger charge is 2.33. The monoisotopic (exact) mass is 288 g/mol. The summed E-state index contributed by atoms with van der Waals surface area (Å²) in [6.07, 6.45) is 3.96. The van der Waals surface area contributed by atoms with Crippen molar-refractivity contribution in [1.29, 1.82) is 0 Å². The minimum Gasteiger partial charge on any atom is -0.374 e. The normalized spacial score (nSPS) is 27.0. The Morgan fingerprint density at radius 1 is 1.38 bits per heavy atom. The lowest BCUT2D eigenvalue weighted by molar-refractivity contribution is -0.0412. The minimum atomic E-state index is 0.336. The van der Waals surface area contributed by atoms with Crippen LogP contribution in [-0.2, 0) is 11.2 Å². The fraction of sp³-hybridized carbons (Fsp3) is 0.667. The summed E-state index contributed by atoms with van der Waals surface area (Å²) in [4.78, 5) is 2.39. The van der Waals surface area contributed by atoms with Crippen LogP contribution in [0.25, 0.3) is 0 Å². The predicted octanol–water partition coefficient (Wildman–Crippen LogP) is 2.42. The number of fused-ring (bicyclic) bond motifs is 1. The van der Waals surface area contributed by atoms with Crippen molar-refractivity contribution in [3.8, 4) is 0 Å². The average Bonchev–Trinajstić information content (AvgIpc) is 2.48. The van der Waals surface area contributed by atoms with E-state index >= 15 is 0 Å². The van der Waals surface area contributed by atoms with Gasteiger partial charge in [0.2, 0.25) is 0 Å². The lowest BCUT2D eigenvalue weighted by Gasteiger charge is -2.39. The summed E-state index contributed by atoms with van der Waals surface area (Å²) in [7, 11) is 2.20. The SMILES string of the molecule is CCCNC(CC1Cc2ccccc21)C1CN(C)CCO1. The Kier molecular flexibility index (Phi) is 4.94. The largest absolute Gasteiger partial charge is 0.374 e. The lowest BCUT2D eigenvalue weighted by atomic mass is 9.74. The second-order valence-corrected chi connectivity index (χ2v) is 6.57. The van der Waals surface area contributed by atoms with Gasteiger partial charge >= 0.3 is 0 Å². The number of likely N-dealkylation sites (N-methyl/N-ethyl adjacent to an activating group) is 1. The summed E-state index contributed by atoms with van der Waals surface area (Å²) in [5.41, 5.74) is 3.10. The van der Waals surface area contributed by atoms with E-state index < -0.39 is 0 Å². The smallest absolute Gasteiger partial charge is 0.0855 e. The number of rotatable bonds is 6. The molecule has 0 saturated carbocycles. The van der Waals surface area contributed by atoms with E-state index in [1.807, 2.05) is 0 Å². The maximum Gasteiger partial charge on any atom is 0.0855 e. The highest BCUT2D eigenvalue weighted by atomic mass is 16.5. The number of ether oxygens (including phenoxy) is 1. The third kappa shape index (κ3) is 3.47. The van der Waals surface area contributed by atoms with Crippen LogP contribution in [0.2, 0.25) is 0 Å². The lowest BCUT2D eigenvalue weighted by Crippen LogP contribution is -2.52. The van der Waals surface area contributed by atoms with Crippen LogP contribution in [0.3, 0.4) is 0 Å². The first-order valence-electron chi connectivity index (χ1n) is 8.39. The van der Waals surface area contributed by atoms with Crippen molar-refractivity contribution < 1.29 is 4.74 Å². The third-order valence-electron chi connectivity index (χ3n) is 4.90. The van der Waals surface area contributed by atoms with Crippen LogP contribution in [0.1, 0.15) is 36.8 Å². The van der Waals surface area contributed by atoms with Gasteiger partial charge in [-0.25, -0.2) is 0 Å². The maximum absolute atomic E-state index is 6.06. The molecule has 3 unspecified atom stereocenters. The molecule has 1 aliphatic heterocycles. The quantitative estimate of drug-likeness (QED) is 0.870. The van der Waals surface area contributed by atoms with Crippen molar-refractivity contribution in [3.63, 3.8) is 0 Å². The van der Waals surface area contributed by atoms with Gasteiger partial charge < -0.3 is 15.0 Å². The Bertz CT molecular complexity index is 462. The molecule has 3 atom stereocenters. The molecule has 3 heteroatoms. The van der Waals surface area contributed by atoms with Gasteiger partial charge in [0.05, 0.1) is 12.7 Å². The molecule has 2 aliphatic rings. The number of morpholine rings is 1.